The topological polar surface area (TPSA) is 15.3 Å². The van der Waals surface area contributed by atoms with Gasteiger partial charge in [0.05, 0.1) is 0 Å². The van der Waals surface area contributed by atoms with Crippen molar-refractivity contribution in [2.45, 2.75) is 34.6 Å². The second kappa shape index (κ2) is 9.36. The highest BCUT2D eigenvalue weighted by Crippen LogP contribution is 2.07. The van der Waals surface area contributed by atoms with Crippen LogP contribution in [0.5, 0.6) is 0 Å². The van der Waals surface area contributed by atoms with Crippen LogP contribution in [0.4, 0.5) is 0 Å². The molecule has 2 heteroatoms. The smallest absolute Gasteiger partial charge is 0.0415 e. The van der Waals surface area contributed by atoms with E-state index < -0.39 is 0 Å². The summed E-state index contributed by atoms with van der Waals surface area (Å²) in [4.78, 5) is 2.37. The number of benzene rings is 1. The van der Waals surface area contributed by atoms with Crippen LogP contribution in [0.15, 0.2) is 30.4 Å². The molecule has 1 rings (SSSR count). The lowest BCUT2D eigenvalue weighted by Gasteiger charge is -2.19. The van der Waals surface area contributed by atoms with Crippen LogP contribution >= 0.6 is 0 Å². The van der Waals surface area contributed by atoms with E-state index in [1.165, 1.54) is 16.0 Å². The molecule has 2 nitrogen and oxygen atoms in total. The second-order valence-corrected chi connectivity index (χ2v) is 5.86. The number of hydrogen-bond donors (Lipinski definition) is 1. The third-order valence-corrected chi connectivity index (χ3v) is 4.36. The van der Waals surface area contributed by atoms with E-state index in [0.29, 0.717) is 0 Å². The molecule has 0 aliphatic rings. The highest BCUT2D eigenvalue weighted by molar-refractivity contribution is 5.65. The third kappa shape index (κ3) is 5.40. The van der Waals surface area contributed by atoms with Crippen LogP contribution in [0.2, 0.25) is 0 Å². The molecule has 0 aromatic heterocycles. The molecule has 0 spiro atoms. The Bertz CT molecular complexity index is 664. The molecule has 0 atom stereocenters. The quantitative estimate of drug-likeness (QED) is 0.794. The zero-order chi connectivity index (χ0) is 17.4. The van der Waals surface area contributed by atoms with Gasteiger partial charge in [0.25, 0.3) is 0 Å². The van der Waals surface area contributed by atoms with Gasteiger partial charge in [-0.25, -0.2) is 0 Å². The first-order valence-electron chi connectivity index (χ1n) is 8.46. The fraction of sp³-hybridized carbons (Fsp3) is 0.429. The van der Waals surface area contributed by atoms with Crippen molar-refractivity contribution in [2.24, 2.45) is 0 Å². The van der Waals surface area contributed by atoms with Crippen LogP contribution in [0, 0.1) is 6.58 Å². The Morgan fingerprint density at radius 1 is 1.26 bits per heavy atom. The zero-order valence-corrected chi connectivity index (χ0v) is 15.4. The summed E-state index contributed by atoms with van der Waals surface area (Å²) >= 11 is 0. The van der Waals surface area contributed by atoms with E-state index in [2.05, 4.69) is 68.8 Å². The van der Waals surface area contributed by atoms with Gasteiger partial charge < -0.3 is 10.2 Å². The molecule has 1 aromatic rings. The maximum atomic E-state index is 6.25. The van der Waals surface area contributed by atoms with Crippen molar-refractivity contribution in [1.82, 2.24) is 10.2 Å². The molecule has 0 heterocycles. The molecule has 23 heavy (non-hydrogen) atoms. The Morgan fingerprint density at radius 3 is 2.43 bits per heavy atom. The first-order valence-corrected chi connectivity index (χ1v) is 8.46. The Kier molecular flexibility index (Phi) is 7.84. The van der Waals surface area contributed by atoms with Gasteiger partial charge in [-0.2, -0.15) is 0 Å². The van der Waals surface area contributed by atoms with E-state index in [-0.39, 0.29) is 0 Å². The monoisotopic (exact) mass is 311 g/mol. The molecule has 0 amide bonds. The summed E-state index contributed by atoms with van der Waals surface area (Å²) in [6.45, 7) is 24.9. The number of nitrogens with zero attached hydrogens (tertiary/aromatic N) is 1. The van der Waals surface area contributed by atoms with Gasteiger partial charge in [0.15, 0.2) is 0 Å². The maximum Gasteiger partial charge on any atom is 0.0415 e. The highest BCUT2D eigenvalue weighted by atomic mass is 15.1. The summed E-state index contributed by atoms with van der Waals surface area (Å²) in [5, 5.41) is 5.75. The minimum atomic E-state index is 0.732. The Labute approximate surface area is 141 Å². The largest absolute Gasteiger partial charge is 0.383 e. The van der Waals surface area contributed by atoms with Gasteiger partial charge in [-0.1, -0.05) is 44.2 Å². The third-order valence-electron chi connectivity index (χ3n) is 4.36. The summed E-state index contributed by atoms with van der Waals surface area (Å²) in [6.07, 6.45) is 2.12. The molecule has 1 aromatic carbocycles. The van der Waals surface area contributed by atoms with E-state index >= 15 is 0 Å². The molecule has 0 aliphatic carbocycles. The fourth-order valence-corrected chi connectivity index (χ4v) is 2.52. The van der Waals surface area contributed by atoms with E-state index in [4.69, 9.17) is 6.58 Å². The number of likely N-dealkylation sites (N-methyl/N-ethyl adjacent to an activating group) is 1. The number of rotatable bonds is 8. The molecule has 0 unspecified atom stereocenters. The SMILES string of the molecule is [CH]=C(NCCN(CC)CC)c1ccc(=C\C)/c(=C(/C)C(=C)C)c1. The Hall–Kier alpha value is -1.80. The molecule has 1 radical (unpaired) electrons. The molecular weight excluding hydrogens is 280 g/mol. The van der Waals surface area contributed by atoms with Crippen molar-refractivity contribution in [1.29, 1.82) is 0 Å². The van der Waals surface area contributed by atoms with Crippen molar-refractivity contribution in [3.8, 4) is 0 Å². The minimum Gasteiger partial charge on any atom is -0.383 e. The molecule has 1 N–H and O–H groups in total. The second-order valence-electron chi connectivity index (χ2n) is 5.86. The standard InChI is InChI=1S/C21H31N2/c1-8-19-11-12-20(15-21(19)17(6)16(4)5)18(7)22-13-14-23(9-2)10-3/h7-8,11-12,15,22H,4,9-10,13-14H2,1-3,5-6H3/b18-7?,19-8+,21-17-. The first kappa shape index (κ1) is 19.2. The van der Waals surface area contributed by atoms with Crippen molar-refractivity contribution < 1.29 is 0 Å². The molecule has 0 aliphatic heterocycles. The number of nitrogens with one attached hydrogen (secondary N) is 1. The van der Waals surface area contributed by atoms with Gasteiger partial charge >= 0.3 is 0 Å². The van der Waals surface area contributed by atoms with Crippen LogP contribution < -0.4 is 15.8 Å². The van der Waals surface area contributed by atoms with Crippen LogP contribution in [0.3, 0.4) is 0 Å². The van der Waals surface area contributed by atoms with Gasteiger partial charge in [0.1, 0.15) is 0 Å². The summed E-state index contributed by atoms with van der Waals surface area (Å²) in [5.74, 6) is 0. The number of allylic oxidation sites excluding steroid dienone is 1. The highest BCUT2D eigenvalue weighted by Gasteiger charge is 2.03. The maximum absolute atomic E-state index is 6.25. The molecular formula is C21H31N2. The normalized spacial score (nSPS) is 13.2. The van der Waals surface area contributed by atoms with Crippen molar-refractivity contribution in [3.05, 3.63) is 52.9 Å². The average Bonchev–Trinajstić information content (AvgIpc) is 2.57. The van der Waals surface area contributed by atoms with Gasteiger partial charge in [0, 0.05) is 18.8 Å². The summed E-state index contributed by atoms with van der Waals surface area (Å²) in [6, 6.07) is 6.35. The van der Waals surface area contributed by atoms with Crippen molar-refractivity contribution >= 4 is 17.3 Å². The molecule has 0 saturated carbocycles. The van der Waals surface area contributed by atoms with Crippen molar-refractivity contribution in [3.63, 3.8) is 0 Å². The van der Waals surface area contributed by atoms with E-state index in [9.17, 15) is 0 Å². The predicted molar refractivity (Wildman–Crippen MR) is 103 cm³/mol. The van der Waals surface area contributed by atoms with Gasteiger partial charge in [-0.05, 0) is 68.1 Å². The fourth-order valence-electron chi connectivity index (χ4n) is 2.52. The number of hydrogen-bond acceptors (Lipinski definition) is 2. The first-order chi connectivity index (χ1) is 10.9. The molecule has 0 fully saturated rings. The Balaban J connectivity index is 2.98. The lowest BCUT2D eigenvalue weighted by atomic mass is 10.0. The average molecular weight is 311 g/mol. The molecule has 0 bridgehead atoms. The lowest BCUT2D eigenvalue weighted by Crippen LogP contribution is -2.32. The minimum absolute atomic E-state index is 0.732. The van der Waals surface area contributed by atoms with Crippen LogP contribution in [-0.4, -0.2) is 31.1 Å². The zero-order valence-electron chi connectivity index (χ0n) is 15.4. The summed E-state index contributed by atoms with van der Waals surface area (Å²) in [7, 11) is 0. The van der Waals surface area contributed by atoms with Crippen LogP contribution in [0.1, 0.15) is 40.2 Å². The molecule has 125 valence electrons. The van der Waals surface area contributed by atoms with Gasteiger partial charge in [0.2, 0.25) is 0 Å². The Morgan fingerprint density at radius 2 is 1.91 bits per heavy atom. The van der Waals surface area contributed by atoms with E-state index in [0.717, 1.165) is 43.0 Å². The van der Waals surface area contributed by atoms with Crippen LogP contribution in [0.25, 0.3) is 17.3 Å². The molecule has 0 saturated heterocycles. The van der Waals surface area contributed by atoms with Crippen molar-refractivity contribution in [2.75, 3.05) is 26.2 Å². The summed E-state index contributed by atoms with van der Waals surface area (Å²) < 4.78 is 0. The lowest BCUT2D eigenvalue weighted by molar-refractivity contribution is 0.308. The van der Waals surface area contributed by atoms with E-state index in [1.807, 2.05) is 6.92 Å². The van der Waals surface area contributed by atoms with Gasteiger partial charge in [-0.3, -0.25) is 0 Å². The van der Waals surface area contributed by atoms with E-state index in [1.54, 1.807) is 0 Å². The predicted octanol–water partition coefficient (Wildman–Crippen LogP) is 2.94. The van der Waals surface area contributed by atoms with Gasteiger partial charge in [-0.15, -0.1) is 0 Å². The van der Waals surface area contributed by atoms with Crippen LogP contribution in [-0.2, 0) is 0 Å². The summed E-state index contributed by atoms with van der Waals surface area (Å²) in [5.41, 5.74) is 4.05.